The summed E-state index contributed by atoms with van der Waals surface area (Å²) >= 11 is 0. The molecule has 1 aromatic rings. The third kappa shape index (κ3) is 11.3. The van der Waals surface area contributed by atoms with Gasteiger partial charge >= 0.3 is 11.9 Å². The molecule has 0 amide bonds. The fourth-order valence-corrected chi connectivity index (χ4v) is 4.29. The van der Waals surface area contributed by atoms with Gasteiger partial charge in [0.15, 0.2) is 12.1 Å². The topological polar surface area (TPSA) is 136 Å². The molecule has 0 saturated carbocycles. The predicted molar refractivity (Wildman–Crippen MR) is 137 cm³/mol. The summed E-state index contributed by atoms with van der Waals surface area (Å²) in [5.74, 6) is -3.92. The number of Topliss-reactive ketones (excluding diaryl/α,β-unsaturated/α-hetero) is 1. The number of aliphatic hydroxyl groups excluding tert-OH is 1. The number of aromatic hydroxyl groups is 2. The van der Waals surface area contributed by atoms with E-state index in [-0.39, 0.29) is 31.0 Å². The number of allylic oxidation sites excluding steroid dienone is 2. The Kier molecular flexibility index (Phi) is 14.4. The first-order chi connectivity index (χ1) is 17.8. The second-order valence-corrected chi connectivity index (χ2v) is 9.65. The fraction of sp³-hybridized carbons (Fsp3) is 0.714. The van der Waals surface area contributed by atoms with Crippen LogP contribution in [0.1, 0.15) is 97.3 Å². The lowest BCUT2D eigenvalue weighted by Crippen LogP contribution is -2.38. The fourth-order valence-electron chi connectivity index (χ4n) is 4.29. The minimum absolute atomic E-state index is 0.108. The summed E-state index contributed by atoms with van der Waals surface area (Å²) < 4.78 is 21.2. The lowest BCUT2D eigenvalue weighted by Gasteiger charge is -2.22. The molecule has 1 aliphatic rings. The predicted octanol–water partition coefficient (Wildman–Crippen LogP) is 5.55. The number of hydrogen-bond acceptors (Lipinski definition) is 9. The molecule has 0 radical (unpaired) electrons. The second-order valence-electron chi connectivity index (χ2n) is 9.65. The van der Waals surface area contributed by atoms with Crippen molar-refractivity contribution >= 4 is 11.8 Å². The van der Waals surface area contributed by atoms with Gasteiger partial charge in [-0.2, -0.15) is 0 Å². The van der Waals surface area contributed by atoms with Crippen molar-refractivity contribution in [2.45, 2.75) is 116 Å². The van der Waals surface area contributed by atoms with E-state index in [4.69, 9.17) is 14.2 Å². The second kappa shape index (κ2) is 17.2. The van der Waals surface area contributed by atoms with Crippen LogP contribution in [0.25, 0.3) is 0 Å². The monoisotopic (exact) mass is 524 g/mol. The summed E-state index contributed by atoms with van der Waals surface area (Å²) in [4.78, 5) is 25.5. The van der Waals surface area contributed by atoms with E-state index in [1.165, 1.54) is 38.5 Å². The number of unbranched alkanes of at least 4 members (excludes halogenated alkanes) is 7. The molecule has 2 rings (SSSR count). The van der Waals surface area contributed by atoms with E-state index in [1.807, 2.05) is 6.92 Å². The van der Waals surface area contributed by atoms with Crippen molar-refractivity contribution in [3.63, 3.8) is 0 Å². The maximum atomic E-state index is 12.9. The lowest BCUT2D eigenvalue weighted by atomic mass is 9.92. The van der Waals surface area contributed by atoms with E-state index in [0.717, 1.165) is 25.3 Å². The first kappa shape index (κ1) is 30.9. The molecule has 1 aromatic heterocycles. The molecule has 4 atom stereocenters. The Bertz CT molecular complexity index is 832. The average Bonchev–Trinajstić information content (AvgIpc) is 3.45. The summed E-state index contributed by atoms with van der Waals surface area (Å²) in [7, 11) is 0. The molecule has 0 aliphatic carbocycles. The highest BCUT2D eigenvalue weighted by atomic mass is 16.7. The van der Waals surface area contributed by atoms with Crippen LogP contribution in [0.3, 0.4) is 0 Å². The average molecular weight is 525 g/mol. The first-order valence-electron chi connectivity index (χ1n) is 13.7. The van der Waals surface area contributed by atoms with Gasteiger partial charge in [0, 0.05) is 6.42 Å². The molecule has 0 spiro atoms. The largest absolute Gasteiger partial charge is 0.481 e. The van der Waals surface area contributed by atoms with E-state index in [2.05, 4.69) is 23.5 Å². The number of carbonyl (C=O) groups excluding carboxylic acids is 2. The number of esters is 1. The van der Waals surface area contributed by atoms with E-state index in [0.29, 0.717) is 12.8 Å². The highest BCUT2D eigenvalue weighted by Gasteiger charge is 2.40. The van der Waals surface area contributed by atoms with Crippen LogP contribution in [0.15, 0.2) is 22.6 Å². The van der Waals surface area contributed by atoms with Crippen molar-refractivity contribution in [2.75, 3.05) is 6.61 Å². The van der Waals surface area contributed by atoms with Crippen molar-refractivity contribution in [3.8, 4) is 17.6 Å². The molecule has 0 bridgehead atoms. The van der Waals surface area contributed by atoms with Gasteiger partial charge in [0.1, 0.15) is 6.10 Å². The highest BCUT2D eigenvalue weighted by Crippen LogP contribution is 2.35. The van der Waals surface area contributed by atoms with Gasteiger partial charge in [-0.25, -0.2) is 0 Å². The van der Waals surface area contributed by atoms with Gasteiger partial charge in [-0.1, -0.05) is 64.5 Å². The number of aliphatic hydroxyl groups is 1. The summed E-state index contributed by atoms with van der Waals surface area (Å²) in [6.45, 7) is 4.30. The van der Waals surface area contributed by atoms with Crippen LogP contribution in [-0.2, 0) is 19.1 Å². The van der Waals surface area contributed by atoms with E-state index >= 15 is 0 Å². The molecule has 0 aromatic carbocycles. The summed E-state index contributed by atoms with van der Waals surface area (Å²) in [6, 6.07) is 0.956. The molecule has 9 heteroatoms. The lowest BCUT2D eigenvalue weighted by molar-refractivity contribution is -0.148. The SMILES string of the molecule is CCCCCCCC/C=C\CCCC(=O)C(O)CC(C(=O)Oc1cc(O)oc1O)C1COC(CCC)O1. The van der Waals surface area contributed by atoms with E-state index in [1.54, 1.807) is 0 Å². The van der Waals surface area contributed by atoms with Crippen molar-refractivity contribution < 1.29 is 43.5 Å². The zero-order valence-electron chi connectivity index (χ0n) is 22.2. The van der Waals surface area contributed by atoms with E-state index < -0.39 is 42.3 Å². The molecule has 9 nitrogen and oxygen atoms in total. The standard InChI is InChI=1S/C28H44O9/c1-3-5-6-7-8-9-10-11-12-13-14-16-21(29)22(30)17-20(24-19-34-26(35-24)15-4-2)27(32)36-23-18-25(31)37-28(23)33/h11-12,18,20,22,24,26,30-31,33H,3-10,13-17,19H2,1-2H3/b12-11-. The molecule has 4 unspecified atom stereocenters. The zero-order chi connectivity index (χ0) is 27.0. The Labute approximate surface area is 219 Å². The van der Waals surface area contributed by atoms with Gasteiger partial charge in [0.2, 0.25) is 5.75 Å². The third-order valence-corrected chi connectivity index (χ3v) is 6.46. The summed E-state index contributed by atoms with van der Waals surface area (Å²) in [6.07, 6.45) is 13.1. The number of ether oxygens (including phenoxy) is 3. The Morgan fingerprint density at radius 3 is 2.43 bits per heavy atom. The van der Waals surface area contributed by atoms with Gasteiger partial charge in [0.05, 0.1) is 24.7 Å². The Hall–Kier alpha value is -2.36. The number of rotatable bonds is 19. The van der Waals surface area contributed by atoms with Gasteiger partial charge in [-0.15, -0.1) is 0 Å². The first-order valence-corrected chi connectivity index (χ1v) is 13.7. The number of carbonyl (C=O) groups is 2. The van der Waals surface area contributed by atoms with Crippen molar-refractivity contribution in [2.24, 2.45) is 5.92 Å². The van der Waals surface area contributed by atoms with Crippen molar-refractivity contribution in [1.82, 2.24) is 0 Å². The van der Waals surface area contributed by atoms with Crippen LogP contribution in [0.5, 0.6) is 17.6 Å². The van der Waals surface area contributed by atoms with Crippen LogP contribution >= 0.6 is 0 Å². The molecule has 1 saturated heterocycles. The Balaban J connectivity index is 1.82. The molecule has 2 heterocycles. The van der Waals surface area contributed by atoms with Gasteiger partial charge < -0.3 is 33.9 Å². The van der Waals surface area contributed by atoms with Crippen LogP contribution in [0.4, 0.5) is 0 Å². The van der Waals surface area contributed by atoms with Crippen LogP contribution < -0.4 is 4.74 Å². The quantitative estimate of drug-likeness (QED) is 0.121. The van der Waals surface area contributed by atoms with Crippen LogP contribution in [0.2, 0.25) is 0 Å². The zero-order valence-corrected chi connectivity index (χ0v) is 22.2. The maximum Gasteiger partial charge on any atom is 0.330 e. The molecule has 3 N–H and O–H groups in total. The van der Waals surface area contributed by atoms with Gasteiger partial charge in [-0.3, -0.25) is 9.59 Å². The minimum Gasteiger partial charge on any atom is -0.481 e. The van der Waals surface area contributed by atoms with Crippen molar-refractivity contribution in [1.29, 1.82) is 0 Å². The van der Waals surface area contributed by atoms with Gasteiger partial charge in [-0.05, 0) is 38.5 Å². The third-order valence-electron chi connectivity index (χ3n) is 6.46. The maximum absolute atomic E-state index is 12.9. The molecule has 37 heavy (non-hydrogen) atoms. The summed E-state index contributed by atoms with van der Waals surface area (Å²) in [5, 5.41) is 29.6. The van der Waals surface area contributed by atoms with Crippen LogP contribution in [0, 0.1) is 5.92 Å². The number of ketones is 1. The Morgan fingerprint density at radius 1 is 1.05 bits per heavy atom. The molecular weight excluding hydrogens is 480 g/mol. The smallest absolute Gasteiger partial charge is 0.330 e. The molecule has 1 aliphatic heterocycles. The van der Waals surface area contributed by atoms with Gasteiger partial charge in [0.25, 0.3) is 5.95 Å². The Morgan fingerprint density at radius 2 is 1.76 bits per heavy atom. The minimum atomic E-state index is -1.37. The molecular formula is C28H44O9. The number of furan rings is 1. The molecule has 1 fully saturated rings. The normalized spacial score (nSPS) is 19.3. The van der Waals surface area contributed by atoms with Crippen LogP contribution in [-0.4, -0.2) is 52.2 Å². The van der Waals surface area contributed by atoms with E-state index in [9.17, 15) is 24.9 Å². The number of hydrogen-bond donors (Lipinski definition) is 3. The summed E-state index contributed by atoms with van der Waals surface area (Å²) in [5.41, 5.74) is 0. The molecule has 210 valence electrons. The highest BCUT2D eigenvalue weighted by molar-refractivity contribution is 5.84. The van der Waals surface area contributed by atoms with Crippen molar-refractivity contribution in [3.05, 3.63) is 18.2 Å².